The zero-order valence-corrected chi connectivity index (χ0v) is 15.7. The summed E-state index contributed by atoms with van der Waals surface area (Å²) in [6.45, 7) is 1.74. The van der Waals surface area contributed by atoms with E-state index in [0.717, 1.165) is 36.3 Å². The second-order valence-corrected chi connectivity index (χ2v) is 7.31. The van der Waals surface area contributed by atoms with Crippen LogP contribution < -0.4 is 0 Å². The van der Waals surface area contributed by atoms with Gasteiger partial charge in [-0.2, -0.15) is 0 Å². The second kappa shape index (κ2) is 7.64. The zero-order valence-electron chi connectivity index (χ0n) is 15.0. The van der Waals surface area contributed by atoms with E-state index in [0.29, 0.717) is 31.0 Å². The molecule has 0 bridgehead atoms. The SMILES string of the molecule is O=C1c2ccc(C3CCCN3C(=O)CCCl)nc2CN1Cc1cccnc1. The number of rotatable bonds is 5. The molecule has 7 heteroatoms. The van der Waals surface area contributed by atoms with Crippen molar-refractivity contribution in [2.24, 2.45) is 0 Å². The number of aromatic nitrogens is 2. The number of likely N-dealkylation sites (tertiary alicyclic amines) is 1. The first-order valence-corrected chi connectivity index (χ1v) is 9.74. The third-order valence-corrected chi connectivity index (χ3v) is 5.36. The molecule has 1 saturated heterocycles. The van der Waals surface area contributed by atoms with Gasteiger partial charge in [0.2, 0.25) is 5.91 Å². The highest BCUT2D eigenvalue weighted by Crippen LogP contribution is 2.33. The van der Waals surface area contributed by atoms with Crippen LogP contribution in [0.1, 0.15) is 52.6 Å². The van der Waals surface area contributed by atoms with Gasteiger partial charge in [-0.15, -0.1) is 11.6 Å². The van der Waals surface area contributed by atoms with Crippen LogP contribution in [0.15, 0.2) is 36.7 Å². The molecule has 1 unspecified atom stereocenters. The van der Waals surface area contributed by atoms with Gasteiger partial charge in [0.1, 0.15) is 0 Å². The van der Waals surface area contributed by atoms with E-state index in [2.05, 4.69) is 4.98 Å². The monoisotopic (exact) mass is 384 g/mol. The van der Waals surface area contributed by atoms with E-state index >= 15 is 0 Å². The Labute approximate surface area is 163 Å². The molecule has 4 rings (SSSR count). The highest BCUT2D eigenvalue weighted by molar-refractivity contribution is 6.18. The van der Waals surface area contributed by atoms with E-state index in [-0.39, 0.29) is 17.9 Å². The first-order chi connectivity index (χ1) is 13.2. The van der Waals surface area contributed by atoms with Crippen molar-refractivity contribution >= 4 is 23.4 Å². The van der Waals surface area contributed by atoms with Crippen molar-refractivity contribution in [3.63, 3.8) is 0 Å². The molecule has 0 N–H and O–H groups in total. The van der Waals surface area contributed by atoms with Crippen molar-refractivity contribution in [2.45, 2.75) is 38.4 Å². The number of alkyl halides is 1. The number of fused-ring (bicyclic) bond motifs is 1. The fourth-order valence-corrected chi connectivity index (χ4v) is 4.04. The maximum Gasteiger partial charge on any atom is 0.256 e. The van der Waals surface area contributed by atoms with Crippen LogP contribution in [0.2, 0.25) is 0 Å². The number of carbonyl (C=O) groups is 2. The van der Waals surface area contributed by atoms with Gasteiger partial charge in [0, 0.05) is 37.8 Å². The van der Waals surface area contributed by atoms with Crippen molar-refractivity contribution in [2.75, 3.05) is 12.4 Å². The summed E-state index contributed by atoms with van der Waals surface area (Å²) in [5.41, 5.74) is 3.30. The molecule has 2 amide bonds. The predicted octanol–water partition coefficient (Wildman–Crippen LogP) is 2.93. The lowest BCUT2D eigenvalue weighted by Gasteiger charge is -2.24. The van der Waals surface area contributed by atoms with Crippen molar-refractivity contribution in [1.29, 1.82) is 0 Å². The maximum absolute atomic E-state index is 12.7. The van der Waals surface area contributed by atoms with Crippen LogP contribution in [0, 0.1) is 0 Å². The normalized spacial score (nSPS) is 18.9. The lowest BCUT2D eigenvalue weighted by molar-refractivity contribution is -0.131. The summed E-state index contributed by atoms with van der Waals surface area (Å²) >= 11 is 5.73. The molecule has 1 fully saturated rings. The first-order valence-electron chi connectivity index (χ1n) is 9.21. The van der Waals surface area contributed by atoms with E-state index in [1.165, 1.54) is 0 Å². The van der Waals surface area contributed by atoms with Gasteiger partial charge in [-0.25, -0.2) is 0 Å². The molecule has 27 heavy (non-hydrogen) atoms. The summed E-state index contributed by atoms with van der Waals surface area (Å²) in [6, 6.07) is 7.55. The number of hydrogen-bond acceptors (Lipinski definition) is 4. The van der Waals surface area contributed by atoms with Crippen LogP contribution in [0.5, 0.6) is 0 Å². The Balaban J connectivity index is 1.53. The van der Waals surface area contributed by atoms with E-state index in [1.807, 2.05) is 29.2 Å². The van der Waals surface area contributed by atoms with Crippen molar-refractivity contribution in [1.82, 2.24) is 19.8 Å². The largest absolute Gasteiger partial charge is 0.334 e. The van der Waals surface area contributed by atoms with Crippen molar-refractivity contribution in [3.8, 4) is 0 Å². The molecule has 2 aliphatic heterocycles. The number of halogens is 1. The Hall–Kier alpha value is -2.47. The quantitative estimate of drug-likeness (QED) is 0.743. The van der Waals surface area contributed by atoms with Crippen LogP contribution in [0.4, 0.5) is 0 Å². The Morgan fingerprint density at radius 2 is 2.19 bits per heavy atom. The Morgan fingerprint density at radius 3 is 2.96 bits per heavy atom. The second-order valence-electron chi connectivity index (χ2n) is 6.94. The molecule has 4 heterocycles. The van der Waals surface area contributed by atoms with Gasteiger partial charge in [-0.3, -0.25) is 19.6 Å². The molecule has 6 nitrogen and oxygen atoms in total. The fraction of sp³-hybridized carbons (Fsp3) is 0.400. The predicted molar refractivity (Wildman–Crippen MR) is 101 cm³/mol. The van der Waals surface area contributed by atoms with Gasteiger partial charge in [-0.1, -0.05) is 6.07 Å². The van der Waals surface area contributed by atoms with Crippen LogP contribution in [0.25, 0.3) is 0 Å². The molecule has 0 aromatic carbocycles. The molecule has 0 spiro atoms. The van der Waals surface area contributed by atoms with E-state index in [4.69, 9.17) is 16.6 Å². The van der Waals surface area contributed by atoms with Crippen molar-refractivity contribution < 1.29 is 9.59 Å². The highest BCUT2D eigenvalue weighted by atomic mass is 35.5. The molecular formula is C20H21ClN4O2. The Bertz CT molecular complexity index is 858. The molecule has 0 radical (unpaired) electrons. The smallest absolute Gasteiger partial charge is 0.256 e. The van der Waals surface area contributed by atoms with Crippen LogP contribution in [0.3, 0.4) is 0 Å². The minimum atomic E-state index is -0.0199. The summed E-state index contributed by atoms with van der Waals surface area (Å²) in [4.78, 5) is 37.5. The lowest BCUT2D eigenvalue weighted by atomic mass is 10.1. The minimum Gasteiger partial charge on any atom is -0.334 e. The van der Waals surface area contributed by atoms with Gasteiger partial charge in [0.25, 0.3) is 5.91 Å². The van der Waals surface area contributed by atoms with Crippen LogP contribution in [-0.4, -0.2) is 44.0 Å². The number of nitrogens with zero attached hydrogens (tertiary/aromatic N) is 4. The summed E-state index contributed by atoms with van der Waals surface area (Å²) in [5.74, 6) is 0.399. The molecule has 2 aliphatic rings. The molecule has 0 aliphatic carbocycles. The zero-order chi connectivity index (χ0) is 18.8. The van der Waals surface area contributed by atoms with E-state index < -0.39 is 0 Å². The number of pyridine rings is 2. The maximum atomic E-state index is 12.7. The molecule has 140 valence electrons. The van der Waals surface area contributed by atoms with Gasteiger partial charge in [-0.05, 0) is 36.6 Å². The standard InChI is InChI=1S/C20H21ClN4O2/c21-8-7-19(26)25-10-2-4-18(25)16-6-5-15-17(23-16)13-24(20(15)27)12-14-3-1-9-22-11-14/h1,3,5-6,9,11,18H,2,4,7-8,10,12-13H2. The van der Waals surface area contributed by atoms with Crippen LogP contribution >= 0.6 is 11.6 Å². The summed E-state index contributed by atoms with van der Waals surface area (Å²) in [5, 5.41) is 0. The van der Waals surface area contributed by atoms with Gasteiger partial charge in [0.15, 0.2) is 0 Å². The third kappa shape index (κ3) is 3.54. The lowest BCUT2D eigenvalue weighted by Crippen LogP contribution is -2.31. The topological polar surface area (TPSA) is 66.4 Å². The van der Waals surface area contributed by atoms with Gasteiger partial charge >= 0.3 is 0 Å². The average molecular weight is 385 g/mol. The molecule has 0 saturated carbocycles. The van der Waals surface area contributed by atoms with Crippen LogP contribution in [-0.2, 0) is 17.9 Å². The van der Waals surface area contributed by atoms with Gasteiger partial charge in [0.05, 0.1) is 29.5 Å². The third-order valence-electron chi connectivity index (χ3n) is 5.17. The first kappa shape index (κ1) is 17.9. The minimum absolute atomic E-state index is 0.00519. The Kier molecular flexibility index (Phi) is 5.07. The van der Waals surface area contributed by atoms with E-state index in [9.17, 15) is 9.59 Å². The Morgan fingerprint density at radius 1 is 1.30 bits per heavy atom. The summed E-state index contributed by atoms with van der Waals surface area (Å²) < 4.78 is 0. The number of hydrogen-bond donors (Lipinski definition) is 0. The number of amides is 2. The summed E-state index contributed by atoms with van der Waals surface area (Å²) in [7, 11) is 0. The fourth-order valence-electron chi connectivity index (χ4n) is 3.88. The number of carbonyl (C=O) groups excluding carboxylic acids is 2. The van der Waals surface area contributed by atoms with Gasteiger partial charge < -0.3 is 9.80 Å². The summed E-state index contributed by atoms with van der Waals surface area (Å²) in [6.07, 6.45) is 5.70. The molecular weight excluding hydrogens is 364 g/mol. The molecule has 1 atom stereocenters. The molecule has 2 aromatic rings. The molecule has 2 aromatic heterocycles. The van der Waals surface area contributed by atoms with Crippen molar-refractivity contribution in [3.05, 3.63) is 59.2 Å². The van der Waals surface area contributed by atoms with E-state index in [1.54, 1.807) is 17.3 Å². The highest BCUT2D eigenvalue weighted by Gasteiger charge is 2.33. The average Bonchev–Trinajstić information content (AvgIpc) is 3.28.